The average Bonchev–Trinajstić information content (AvgIpc) is 2.46. The second-order valence-electron chi connectivity index (χ2n) is 6.78. The van der Waals surface area contributed by atoms with Crippen molar-refractivity contribution in [1.82, 2.24) is 10.2 Å². The molecule has 0 atom stereocenters. The number of morpholine rings is 1. The zero-order chi connectivity index (χ0) is 16.0. The van der Waals surface area contributed by atoms with Gasteiger partial charge in [0.15, 0.2) is 5.96 Å². The van der Waals surface area contributed by atoms with E-state index in [0.717, 1.165) is 32.8 Å². The summed E-state index contributed by atoms with van der Waals surface area (Å²) in [5.74, 6) is 0.491. The first kappa shape index (κ1) is 16.8. The molecule has 0 aromatic heterocycles. The Hall–Kier alpha value is -1.59. The highest BCUT2D eigenvalue weighted by atomic mass is 16.5. The number of aliphatic imine (C=N–C) groups is 1. The van der Waals surface area contributed by atoms with Gasteiger partial charge in [-0.1, -0.05) is 24.3 Å². The van der Waals surface area contributed by atoms with E-state index in [2.05, 4.69) is 60.2 Å². The number of rotatable bonds is 4. The first-order valence-corrected chi connectivity index (χ1v) is 7.88. The van der Waals surface area contributed by atoms with Gasteiger partial charge in [-0.15, -0.1) is 0 Å². The minimum Gasteiger partial charge on any atom is -0.379 e. The minimum atomic E-state index is -0.0599. The second kappa shape index (κ2) is 7.61. The van der Waals surface area contributed by atoms with Gasteiger partial charge < -0.3 is 15.8 Å². The number of benzene rings is 1. The van der Waals surface area contributed by atoms with Crippen molar-refractivity contribution in [3.05, 3.63) is 35.4 Å². The lowest BCUT2D eigenvalue weighted by Gasteiger charge is -2.26. The third-order valence-corrected chi connectivity index (χ3v) is 3.47. The van der Waals surface area contributed by atoms with E-state index in [1.165, 1.54) is 11.1 Å². The standard InChI is InChI=1S/C17H28N4O/c1-17(2,3)20-16(18)19-12-14-4-6-15(7-5-14)13-21-8-10-22-11-9-21/h4-7H,8-13H2,1-3H3,(H3,18,19,20). The molecule has 0 unspecified atom stereocenters. The molecule has 1 fully saturated rings. The number of nitrogens with one attached hydrogen (secondary N) is 1. The summed E-state index contributed by atoms with van der Waals surface area (Å²) in [6, 6.07) is 8.61. The predicted molar refractivity (Wildman–Crippen MR) is 90.8 cm³/mol. The summed E-state index contributed by atoms with van der Waals surface area (Å²) >= 11 is 0. The monoisotopic (exact) mass is 304 g/mol. The second-order valence-corrected chi connectivity index (χ2v) is 6.78. The maximum Gasteiger partial charge on any atom is 0.189 e. The molecule has 1 aliphatic heterocycles. The van der Waals surface area contributed by atoms with Crippen molar-refractivity contribution in [2.45, 2.75) is 39.4 Å². The molecule has 0 bridgehead atoms. The summed E-state index contributed by atoms with van der Waals surface area (Å²) in [5.41, 5.74) is 8.32. The van der Waals surface area contributed by atoms with Crippen LogP contribution in [0.3, 0.4) is 0 Å². The van der Waals surface area contributed by atoms with Crippen LogP contribution in [0, 0.1) is 0 Å². The first-order chi connectivity index (χ1) is 10.4. The Bertz CT molecular complexity index is 484. The van der Waals surface area contributed by atoms with Crippen LogP contribution in [-0.2, 0) is 17.8 Å². The third kappa shape index (κ3) is 6.03. The van der Waals surface area contributed by atoms with Crippen LogP contribution in [0.4, 0.5) is 0 Å². The third-order valence-electron chi connectivity index (χ3n) is 3.47. The van der Waals surface area contributed by atoms with E-state index in [9.17, 15) is 0 Å². The number of hydrogen-bond acceptors (Lipinski definition) is 3. The normalized spacial score (nSPS) is 17.5. The van der Waals surface area contributed by atoms with Crippen molar-refractivity contribution in [2.24, 2.45) is 10.7 Å². The summed E-state index contributed by atoms with van der Waals surface area (Å²) in [7, 11) is 0. The van der Waals surface area contributed by atoms with E-state index in [0.29, 0.717) is 12.5 Å². The summed E-state index contributed by atoms with van der Waals surface area (Å²) in [5, 5.41) is 3.16. The van der Waals surface area contributed by atoms with E-state index < -0.39 is 0 Å². The van der Waals surface area contributed by atoms with Crippen molar-refractivity contribution in [3.63, 3.8) is 0 Å². The first-order valence-electron chi connectivity index (χ1n) is 7.88. The van der Waals surface area contributed by atoms with Crippen molar-refractivity contribution in [1.29, 1.82) is 0 Å². The maximum atomic E-state index is 5.88. The molecule has 1 heterocycles. The largest absolute Gasteiger partial charge is 0.379 e. The highest BCUT2D eigenvalue weighted by Crippen LogP contribution is 2.10. The van der Waals surface area contributed by atoms with Crippen molar-refractivity contribution >= 4 is 5.96 Å². The van der Waals surface area contributed by atoms with E-state index in [1.54, 1.807) is 0 Å². The van der Waals surface area contributed by atoms with Gasteiger partial charge >= 0.3 is 0 Å². The zero-order valence-corrected chi connectivity index (χ0v) is 13.9. The lowest BCUT2D eigenvalue weighted by molar-refractivity contribution is 0.0342. The smallest absolute Gasteiger partial charge is 0.189 e. The van der Waals surface area contributed by atoms with Gasteiger partial charge in [-0.25, -0.2) is 4.99 Å². The average molecular weight is 304 g/mol. The molecule has 2 rings (SSSR count). The van der Waals surface area contributed by atoms with Crippen LogP contribution < -0.4 is 11.1 Å². The molecule has 0 spiro atoms. The van der Waals surface area contributed by atoms with Crippen molar-refractivity contribution in [2.75, 3.05) is 26.3 Å². The molecule has 0 amide bonds. The number of guanidine groups is 1. The molecule has 1 aliphatic rings. The summed E-state index contributed by atoms with van der Waals surface area (Å²) < 4.78 is 5.37. The van der Waals surface area contributed by atoms with E-state index >= 15 is 0 Å². The Morgan fingerprint density at radius 3 is 2.36 bits per heavy atom. The van der Waals surface area contributed by atoms with Crippen LogP contribution in [0.25, 0.3) is 0 Å². The van der Waals surface area contributed by atoms with E-state index in [4.69, 9.17) is 10.5 Å². The predicted octanol–water partition coefficient (Wildman–Crippen LogP) is 1.72. The molecule has 1 aromatic carbocycles. The number of hydrogen-bond donors (Lipinski definition) is 2. The zero-order valence-electron chi connectivity index (χ0n) is 13.9. The molecule has 0 saturated carbocycles. The van der Waals surface area contributed by atoms with Gasteiger partial charge in [-0.05, 0) is 31.9 Å². The van der Waals surface area contributed by atoms with Crippen molar-refractivity contribution < 1.29 is 4.74 Å². The van der Waals surface area contributed by atoms with Gasteiger partial charge in [0.1, 0.15) is 0 Å². The Labute approximate surface area is 133 Å². The van der Waals surface area contributed by atoms with Gasteiger partial charge in [-0.3, -0.25) is 4.90 Å². The van der Waals surface area contributed by atoms with Gasteiger partial charge in [0.25, 0.3) is 0 Å². The van der Waals surface area contributed by atoms with E-state index in [-0.39, 0.29) is 5.54 Å². The summed E-state index contributed by atoms with van der Waals surface area (Å²) in [6.07, 6.45) is 0. The van der Waals surface area contributed by atoms with Gasteiger partial charge in [0, 0.05) is 25.2 Å². The van der Waals surface area contributed by atoms with Crippen LogP contribution in [0.5, 0.6) is 0 Å². The van der Waals surface area contributed by atoms with Crippen molar-refractivity contribution in [3.8, 4) is 0 Å². The van der Waals surface area contributed by atoms with Crippen LogP contribution in [0.2, 0.25) is 0 Å². The topological polar surface area (TPSA) is 62.9 Å². The summed E-state index contributed by atoms with van der Waals surface area (Å²) in [4.78, 5) is 6.80. The molecule has 22 heavy (non-hydrogen) atoms. The number of nitrogens with zero attached hydrogens (tertiary/aromatic N) is 2. The molecular weight excluding hydrogens is 276 g/mol. The Balaban J connectivity index is 1.84. The quantitative estimate of drug-likeness (QED) is 0.657. The van der Waals surface area contributed by atoms with Crippen LogP contribution in [-0.4, -0.2) is 42.7 Å². The minimum absolute atomic E-state index is 0.0599. The fourth-order valence-corrected chi connectivity index (χ4v) is 2.37. The molecule has 1 aromatic rings. The van der Waals surface area contributed by atoms with Gasteiger partial charge in [-0.2, -0.15) is 0 Å². The van der Waals surface area contributed by atoms with Crippen LogP contribution >= 0.6 is 0 Å². The molecule has 5 heteroatoms. The molecule has 3 N–H and O–H groups in total. The molecule has 0 radical (unpaired) electrons. The van der Waals surface area contributed by atoms with E-state index in [1.807, 2.05) is 0 Å². The van der Waals surface area contributed by atoms with Crippen LogP contribution in [0.15, 0.2) is 29.3 Å². The number of ether oxygens (including phenoxy) is 1. The molecule has 5 nitrogen and oxygen atoms in total. The lowest BCUT2D eigenvalue weighted by Crippen LogP contribution is -2.44. The lowest BCUT2D eigenvalue weighted by atomic mass is 10.1. The highest BCUT2D eigenvalue weighted by molar-refractivity contribution is 5.78. The van der Waals surface area contributed by atoms with Gasteiger partial charge in [0.2, 0.25) is 0 Å². The molecule has 122 valence electrons. The Morgan fingerprint density at radius 1 is 1.18 bits per heavy atom. The SMILES string of the molecule is CC(C)(C)NC(N)=NCc1ccc(CN2CCOCC2)cc1. The fourth-order valence-electron chi connectivity index (χ4n) is 2.37. The Morgan fingerprint density at radius 2 is 1.77 bits per heavy atom. The number of nitrogens with two attached hydrogens (primary N) is 1. The summed E-state index contributed by atoms with van der Waals surface area (Å²) in [6.45, 7) is 11.5. The molecule has 0 aliphatic carbocycles. The molecular formula is C17H28N4O. The highest BCUT2D eigenvalue weighted by Gasteiger charge is 2.11. The molecule has 1 saturated heterocycles. The Kier molecular flexibility index (Phi) is 5.80. The van der Waals surface area contributed by atoms with Gasteiger partial charge in [0.05, 0.1) is 19.8 Å². The van der Waals surface area contributed by atoms with Crippen LogP contribution in [0.1, 0.15) is 31.9 Å². The fraction of sp³-hybridized carbons (Fsp3) is 0.588. The maximum absolute atomic E-state index is 5.88.